The summed E-state index contributed by atoms with van der Waals surface area (Å²) in [6.07, 6.45) is 1.08. The number of amides is 1. The fourth-order valence-corrected chi connectivity index (χ4v) is 3.72. The molecule has 2 aromatic rings. The van der Waals surface area contributed by atoms with Crippen molar-refractivity contribution in [1.29, 1.82) is 0 Å². The number of pyridine rings is 1. The molecular weight excluding hydrogens is 326 g/mol. The van der Waals surface area contributed by atoms with Crippen LogP contribution in [0, 0.1) is 0 Å². The zero-order chi connectivity index (χ0) is 15.9. The van der Waals surface area contributed by atoms with Gasteiger partial charge in [0.15, 0.2) is 0 Å². The molecule has 0 saturated carbocycles. The minimum absolute atomic E-state index is 0.134. The van der Waals surface area contributed by atoms with Crippen molar-refractivity contribution >= 4 is 43.9 Å². The Bertz CT molecular complexity index is 785. The lowest BCUT2D eigenvalue weighted by Crippen LogP contribution is -2.46. The standard InChI is InChI=1S/C14H16ClN3O3S/c1-17-3-4-21-10(7-17)13(19)16-11-5-8-12(22-11)9(15)6-18(2)14(8)20/h5-6,10H,3-4,7H2,1-2H3,(H,16,19). The van der Waals surface area contributed by atoms with E-state index in [4.69, 9.17) is 16.3 Å². The second kappa shape index (κ2) is 6.00. The number of likely N-dealkylation sites (N-methyl/N-ethyl adjacent to an activating group) is 1. The minimum Gasteiger partial charge on any atom is -0.366 e. The van der Waals surface area contributed by atoms with Gasteiger partial charge in [0.1, 0.15) is 6.10 Å². The predicted octanol–water partition coefficient (Wildman–Crippen LogP) is 1.52. The molecule has 3 rings (SSSR count). The molecule has 0 spiro atoms. The third-order valence-electron chi connectivity index (χ3n) is 3.62. The van der Waals surface area contributed by atoms with Crippen molar-refractivity contribution in [3.8, 4) is 0 Å². The number of fused-ring (bicyclic) bond motifs is 1. The van der Waals surface area contributed by atoms with Gasteiger partial charge in [0.25, 0.3) is 11.5 Å². The number of hydrogen-bond donors (Lipinski definition) is 1. The zero-order valence-corrected chi connectivity index (χ0v) is 13.8. The van der Waals surface area contributed by atoms with Gasteiger partial charge in [-0.3, -0.25) is 9.59 Å². The fraction of sp³-hybridized carbons (Fsp3) is 0.429. The molecule has 1 unspecified atom stereocenters. The maximum absolute atomic E-state index is 12.3. The van der Waals surface area contributed by atoms with Crippen LogP contribution in [0.1, 0.15) is 0 Å². The summed E-state index contributed by atoms with van der Waals surface area (Å²) in [6.45, 7) is 1.91. The molecular formula is C14H16ClN3O3S. The number of ether oxygens (including phenoxy) is 1. The average Bonchev–Trinajstić information content (AvgIpc) is 2.89. The maximum atomic E-state index is 12.3. The highest BCUT2D eigenvalue weighted by Gasteiger charge is 2.25. The van der Waals surface area contributed by atoms with E-state index >= 15 is 0 Å². The summed E-state index contributed by atoms with van der Waals surface area (Å²) < 4.78 is 7.60. The van der Waals surface area contributed by atoms with Crippen molar-refractivity contribution in [1.82, 2.24) is 9.47 Å². The second-order valence-corrected chi connectivity index (χ2v) is 6.82. The molecule has 1 fully saturated rings. The monoisotopic (exact) mass is 341 g/mol. The lowest BCUT2D eigenvalue weighted by atomic mass is 10.2. The molecule has 1 aliphatic rings. The van der Waals surface area contributed by atoms with Gasteiger partial charge in [-0.05, 0) is 13.1 Å². The Hall–Kier alpha value is -1.41. The van der Waals surface area contributed by atoms with Crippen LogP contribution in [0.3, 0.4) is 0 Å². The van der Waals surface area contributed by atoms with E-state index in [9.17, 15) is 9.59 Å². The molecule has 22 heavy (non-hydrogen) atoms. The first-order chi connectivity index (χ1) is 10.5. The Labute approximate surface area is 136 Å². The molecule has 0 radical (unpaired) electrons. The number of carbonyl (C=O) groups excluding carboxylic acids is 1. The van der Waals surface area contributed by atoms with Crippen LogP contribution in [-0.4, -0.2) is 48.2 Å². The van der Waals surface area contributed by atoms with Gasteiger partial charge < -0.3 is 19.5 Å². The summed E-state index contributed by atoms with van der Waals surface area (Å²) in [5, 5.41) is 4.42. The van der Waals surface area contributed by atoms with Crippen LogP contribution in [0.4, 0.5) is 5.00 Å². The summed E-state index contributed by atoms with van der Waals surface area (Å²) >= 11 is 7.45. The average molecular weight is 342 g/mol. The lowest BCUT2D eigenvalue weighted by molar-refractivity contribution is -0.132. The molecule has 6 nitrogen and oxygen atoms in total. The summed E-state index contributed by atoms with van der Waals surface area (Å²) in [4.78, 5) is 26.4. The first-order valence-electron chi connectivity index (χ1n) is 6.85. The molecule has 8 heteroatoms. The molecule has 0 bridgehead atoms. The summed E-state index contributed by atoms with van der Waals surface area (Å²) in [5.74, 6) is -0.203. The van der Waals surface area contributed by atoms with E-state index in [1.165, 1.54) is 15.9 Å². The number of anilines is 1. The van der Waals surface area contributed by atoms with Crippen molar-refractivity contribution in [2.24, 2.45) is 7.05 Å². The first kappa shape index (κ1) is 15.5. The highest BCUT2D eigenvalue weighted by molar-refractivity contribution is 7.23. The second-order valence-electron chi connectivity index (χ2n) is 5.36. The number of thiophene rings is 1. The SMILES string of the molecule is CN1CCOC(C(=O)Nc2cc3c(=O)n(C)cc(Cl)c3s2)C1. The molecule has 118 valence electrons. The Morgan fingerprint density at radius 3 is 3.00 bits per heavy atom. The topological polar surface area (TPSA) is 63.6 Å². The van der Waals surface area contributed by atoms with Gasteiger partial charge in [-0.15, -0.1) is 11.3 Å². The van der Waals surface area contributed by atoms with Crippen LogP contribution in [0.5, 0.6) is 0 Å². The fourth-order valence-electron chi connectivity index (χ4n) is 2.40. The Morgan fingerprint density at radius 1 is 1.50 bits per heavy atom. The van der Waals surface area contributed by atoms with Gasteiger partial charge in [0.2, 0.25) is 0 Å². The number of hydrogen-bond acceptors (Lipinski definition) is 5. The van der Waals surface area contributed by atoms with Crippen LogP contribution < -0.4 is 10.9 Å². The van der Waals surface area contributed by atoms with E-state index in [2.05, 4.69) is 5.32 Å². The van der Waals surface area contributed by atoms with Gasteiger partial charge in [-0.25, -0.2) is 0 Å². The Kier molecular flexibility index (Phi) is 4.22. The van der Waals surface area contributed by atoms with Gasteiger partial charge >= 0.3 is 0 Å². The van der Waals surface area contributed by atoms with Crippen molar-refractivity contribution in [3.05, 3.63) is 27.6 Å². The van der Waals surface area contributed by atoms with Crippen LogP contribution in [0.2, 0.25) is 5.02 Å². The van der Waals surface area contributed by atoms with E-state index in [1.807, 2.05) is 11.9 Å². The van der Waals surface area contributed by atoms with E-state index in [0.717, 1.165) is 6.54 Å². The predicted molar refractivity (Wildman–Crippen MR) is 87.9 cm³/mol. The molecule has 1 aliphatic heterocycles. The van der Waals surface area contributed by atoms with Crippen LogP contribution in [-0.2, 0) is 16.6 Å². The Morgan fingerprint density at radius 2 is 2.27 bits per heavy atom. The van der Waals surface area contributed by atoms with Crippen molar-refractivity contribution in [2.75, 3.05) is 32.1 Å². The van der Waals surface area contributed by atoms with Gasteiger partial charge in [0, 0.05) is 26.3 Å². The highest BCUT2D eigenvalue weighted by Crippen LogP contribution is 2.32. The zero-order valence-electron chi connectivity index (χ0n) is 12.3. The number of carbonyl (C=O) groups is 1. The molecule has 1 N–H and O–H groups in total. The number of nitrogens with zero attached hydrogens (tertiary/aromatic N) is 2. The first-order valence-corrected chi connectivity index (χ1v) is 8.05. The van der Waals surface area contributed by atoms with Crippen molar-refractivity contribution < 1.29 is 9.53 Å². The molecule has 1 saturated heterocycles. The number of morpholine rings is 1. The van der Waals surface area contributed by atoms with Crippen LogP contribution >= 0.6 is 22.9 Å². The minimum atomic E-state index is -0.498. The van der Waals surface area contributed by atoms with E-state index in [-0.39, 0.29) is 11.5 Å². The van der Waals surface area contributed by atoms with E-state index in [0.29, 0.717) is 33.3 Å². The number of rotatable bonds is 2. The van der Waals surface area contributed by atoms with Crippen LogP contribution in [0.15, 0.2) is 17.1 Å². The smallest absolute Gasteiger partial charge is 0.259 e. The number of aromatic nitrogens is 1. The third kappa shape index (κ3) is 2.89. The highest BCUT2D eigenvalue weighted by atomic mass is 35.5. The van der Waals surface area contributed by atoms with Crippen molar-refractivity contribution in [3.63, 3.8) is 0 Å². The molecule has 0 aliphatic carbocycles. The summed E-state index contributed by atoms with van der Waals surface area (Å²) in [7, 11) is 3.60. The summed E-state index contributed by atoms with van der Waals surface area (Å²) in [6, 6.07) is 1.67. The van der Waals surface area contributed by atoms with E-state index < -0.39 is 6.10 Å². The van der Waals surface area contributed by atoms with Crippen LogP contribution in [0.25, 0.3) is 10.1 Å². The maximum Gasteiger partial charge on any atom is 0.259 e. The molecule has 0 aromatic carbocycles. The lowest BCUT2D eigenvalue weighted by Gasteiger charge is -2.28. The third-order valence-corrected chi connectivity index (χ3v) is 5.10. The van der Waals surface area contributed by atoms with Gasteiger partial charge in [0.05, 0.1) is 26.7 Å². The number of nitrogens with one attached hydrogen (secondary N) is 1. The summed E-state index contributed by atoms with van der Waals surface area (Å²) in [5.41, 5.74) is -0.134. The molecule has 3 heterocycles. The van der Waals surface area contributed by atoms with Gasteiger partial charge in [-0.2, -0.15) is 0 Å². The number of halogens is 1. The molecule has 1 atom stereocenters. The Balaban J connectivity index is 1.85. The molecule has 2 aromatic heterocycles. The van der Waals surface area contributed by atoms with E-state index in [1.54, 1.807) is 19.3 Å². The normalized spacial score (nSPS) is 19.5. The number of aryl methyl sites for hydroxylation is 1. The molecule has 1 amide bonds. The van der Waals surface area contributed by atoms with Gasteiger partial charge in [-0.1, -0.05) is 11.6 Å². The quantitative estimate of drug-likeness (QED) is 0.899. The van der Waals surface area contributed by atoms with Crippen molar-refractivity contribution in [2.45, 2.75) is 6.10 Å². The largest absolute Gasteiger partial charge is 0.366 e.